The molecule has 2 atom stereocenters. The summed E-state index contributed by atoms with van der Waals surface area (Å²) in [4.78, 5) is 33.9. The van der Waals surface area contributed by atoms with Crippen molar-refractivity contribution in [2.75, 3.05) is 0 Å². The number of aliphatic hydroxyl groups excluding tert-OH is 1. The molecule has 19 heavy (non-hydrogen) atoms. The van der Waals surface area contributed by atoms with Crippen LogP contribution in [0.15, 0.2) is 24.3 Å². The van der Waals surface area contributed by atoms with Crippen molar-refractivity contribution < 1.29 is 24.2 Å². The van der Waals surface area contributed by atoms with E-state index in [-0.39, 0.29) is 5.56 Å². The number of hydrogen-bond acceptors (Lipinski definition) is 5. The normalized spacial score (nSPS) is 13.5. The number of esters is 1. The van der Waals surface area contributed by atoms with Crippen molar-refractivity contribution in [2.24, 2.45) is 0 Å². The van der Waals surface area contributed by atoms with E-state index >= 15 is 0 Å². The highest BCUT2D eigenvalue weighted by molar-refractivity contribution is 9.18. The van der Waals surface area contributed by atoms with Crippen LogP contribution in [0.25, 0.3) is 0 Å². The number of rotatable bonds is 5. The monoisotopic (exact) mass is 392 g/mol. The average Bonchev–Trinajstić information content (AvgIpc) is 2.35. The van der Waals surface area contributed by atoms with Gasteiger partial charge in [0, 0.05) is 0 Å². The summed E-state index contributed by atoms with van der Waals surface area (Å²) < 4.78 is 3.18. The maximum Gasteiger partial charge on any atom is 0.338 e. The Morgan fingerprint density at radius 1 is 1.11 bits per heavy atom. The third kappa shape index (κ3) is 4.52. The lowest BCUT2D eigenvalue weighted by atomic mass is 10.1. The van der Waals surface area contributed by atoms with Gasteiger partial charge in [0.05, 0.1) is 5.56 Å². The van der Waals surface area contributed by atoms with Gasteiger partial charge in [-0.15, -0.1) is 0 Å². The molecule has 0 saturated carbocycles. The zero-order chi connectivity index (χ0) is 14.6. The maximum absolute atomic E-state index is 11.8. The van der Waals surface area contributed by atoms with Crippen molar-refractivity contribution in [3.8, 4) is 0 Å². The van der Waals surface area contributed by atoms with Crippen LogP contribution < -0.4 is 0 Å². The van der Waals surface area contributed by atoms with Gasteiger partial charge in [-0.3, -0.25) is 9.59 Å². The number of benzene rings is 1. The minimum absolute atomic E-state index is 0.221. The average molecular weight is 394 g/mol. The van der Waals surface area contributed by atoms with Crippen LogP contribution in [0.5, 0.6) is 0 Å². The highest BCUT2D eigenvalue weighted by Gasteiger charge is 2.33. The molecule has 0 aromatic heterocycles. The minimum Gasteiger partial charge on any atom is -0.446 e. The van der Waals surface area contributed by atoms with Crippen molar-refractivity contribution in [1.82, 2.24) is 0 Å². The lowest BCUT2D eigenvalue weighted by Gasteiger charge is -2.17. The summed E-state index contributed by atoms with van der Waals surface area (Å²) in [6.07, 6.45) is -3.36. The second kappa shape index (κ2) is 6.93. The van der Waals surface area contributed by atoms with Gasteiger partial charge in [-0.1, -0.05) is 17.7 Å². The predicted octanol–water partition coefficient (Wildman–Crippen LogP) is 1.72. The van der Waals surface area contributed by atoms with E-state index in [1.165, 1.54) is 12.1 Å². The topological polar surface area (TPSA) is 80.7 Å². The Morgan fingerprint density at radius 3 is 2.05 bits per heavy atom. The minimum atomic E-state index is -1.76. The van der Waals surface area contributed by atoms with Gasteiger partial charge in [0.25, 0.3) is 0 Å². The molecule has 0 aliphatic heterocycles. The molecule has 1 N–H and O–H groups in total. The fraction of sp³-hybridized carbons (Fsp3) is 0.250. The third-order valence-electron chi connectivity index (χ3n) is 2.26. The van der Waals surface area contributed by atoms with Gasteiger partial charge in [0.15, 0.2) is 6.10 Å². The summed E-state index contributed by atoms with van der Waals surface area (Å²) in [5.41, 5.74) is 1.18. The van der Waals surface area contributed by atoms with Gasteiger partial charge in [-0.2, -0.15) is 0 Å². The summed E-state index contributed by atoms with van der Waals surface area (Å²) in [5, 5.41) is 9.47. The van der Waals surface area contributed by atoms with Crippen LogP contribution in [0.3, 0.4) is 0 Å². The summed E-state index contributed by atoms with van der Waals surface area (Å²) in [7, 11) is 0. The standard InChI is InChI=1S/C12H10Br2O5/c1-6-2-4-7(5-3-6)12(18)19-9(11(14)17)8(15)10(13)16/h2-5,8-9,15H,1H3. The number of aliphatic hydroxyl groups is 1. The van der Waals surface area contributed by atoms with Crippen molar-refractivity contribution >= 4 is 47.2 Å². The number of aryl methyl sites for hydroxylation is 1. The third-order valence-corrected chi connectivity index (χ3v) is 3.18. The van der Waals surface area contributed by atoms with Gasteiger partial charge < -0.3 is 9.84 Å². The van der Waals surface area contributed by atoms with Crippen LogP contribution in [0, 0.1) is 6.92 Å². The van der Waals surface area contributed by atoms with Gasteiger partial charge >= 0.3 is 5.97 Å². The fourth-order valence-electron chi connectivity index (χ4n) is 1.23. The summed E-state index contributed by atoms with van der Waals surface area (Å²) in [6.45, 7) is 1.85. The smallest absolute Gasteiger partial charge is 0.338 e. The summed E-state index contributed by atoms with van der Waals surface area (Å²) >= 11 is 5.08. The Morgan fingerprint density at radius 2 is 1.63 bits per heavy atom. The zero-order valence-electron chi connectivity index (χ0n) is 9.80. The number of ether oxygens (including phenoxy) is 1. The van der Waals surface area contributed by atoms with E-state index in [2.05, 4.69) is 31.9 Å². The second-order valence-electron chi connectivity index (χ2n) is 3.74. The van der Waals surface area contributed by atoms with E-state index in [1.807, 2.05) is 6.92 Å². The van der Waals surface area contributed by atoms with E-state index in [4.69, 9.17) is 4.74 Å². The van der Waals surface area contributed by atoms with E-state index in [1.54, 1.807) is 12.1 Å². The highest BCUT2D eigenvalue weighted by Crippen LogP contribution is 2.13. The summed E-state index contributed by atoms with van der Waals surface area (Å²) in [6, 6.07) is 6.45. The van der Waals surface area contributed by atoms with Crippen LogP contribution in [0.2, 0.25) is 0 Å². The largest absolute Gasteiger partial charge is 0.446 e. The first-order valence-corrected chi connectivity index (χ1v) is 6.76. The Hall–Kier alpha value is -1.05. The SMILES string of the molecule is Cc1ccc(C(=O)OC(C(=O)Br)C(O)C(=O)Br)cc1. The van der Waals surface area contributed by atoms with Crippen molar-refractivity contribution in [3.63, 3.8) is 0 Å². The van der Waals surface area contributed by atoms with Gasteiger partial charge in [0.2, 0.25) is 15.5 Å². The van der Waals surface area contributed by atoms with E-state index in [0.717, 1.165) is 5.56 Å². The van der Waals surface area contributed by atoms with Crippen LogP contribution in [-0.4, -0.2) is 32.7 Å². The van der Waals surface area contributed by atoms with Crippen LogP contribution in [-0.2, 0) is 14.3 Å². The molecule has 1 aromatic rings. The van der Waals surface area contributed by atoms with E-state index in [9.17, 15) is 19.5 Å². The molecule has 0 saturated heterocycles. The fourth-order valence-corrected chi connectivity index (χ4v) is 1.81. The molecular formula is C12H10Br2O5. The quantitative estimate of drug-likeness (QED) is 0.608. The van der Waals surface area contributed by atoms with Crippen LogP contribution in [0.4, 0.5) is 0 Å². The molecule has 0 amide bonds. The molecule has 1 rings (SSSR count). The zero-order valence-corrected chi connectivity index (χ0v) is 13.0. The molecule has 0 heterocycles. The summed E-state index contributed by atoms with van der Waals surface area (Å²) in [5.74, 6) is -0.800. The second-order valence-corrected chi connectivity index (χ2v) is 5.31. The van der Waals surface area contributed by atoms with Crippen molar-refractivity contribution in [2.45, 2.75) is 19.1 Å². The maximum atomic E-state index is 11.8. The highest BCUT2D eigenvalue weighted by atomic mass is 79.9. The number of hydrogen-bond donors (Lipinski definition) is 1. The molecule has 0 spiro atoms. The van der Waals surface area contributed by atoms with Gasteiger partial charge in [-0.25, -0.2) is 4.79 Å². The number of carbonyl (C=O) groups is 3. The van der Waals surface area contributed by atoms with E-state index in [0.29, 0.717) is 0 Å². The molecule has 2 unspecified atom stereocenters. The molecule has 0 aliphatic rings. The first kappa shape index (κ1) is 16.0. The molecule has 0 fully saturated rings. The Bertz CT molecular complexity index is 497. The first-order chi connectivity index (χ1) is 8.82. The lowest BCUT2D eigenvalue weighted by Crippen LogP contribution is -2.39. The van der Waals surface area contributed by atoms with Crippen LogP contribution >= 0.6 is 31.9 Å². The molecule has 1 aromatic carbocycles. The first-order valence-electron chi connectivity index (χ1n) is 5.17. The Kier molecular flexibility index (Phi) is 5.84. The van der Waals surface area contributed by atoms with Gasteiger partial charge in [-0.05, 0) is 50.9 Å². The Balaban J connectivity index is 2.85. The number of halogens is 2. The molecule has 5 nitrogen and oxygen atoms in total. The predicted molar refractivity (Wildman–Crippen MR) is 74.3 cm³/mol. The van der Waals surface area contributed by atoms with E-state index < -0.39 is 27.6 Å². The molecule has 102 valence electrons. The van der Waals surface area contributed by atoms with Crippen molar-refractivity contribution in [1.29, 1.82) is 0 Å². The Labute approximate surface area is 126 Å². The lowest BCUT2D eigenvalue weighted by molar-refractivity contribution is -0.133. The molecule has 0 aliphatic carbocycles. The van der Waals surface area contributed by atoms with Crippen LogP contribution in [0.1, 0.15) is 15.9 Å². The molecule has 0 radical (unpaired) electrons. The van der Waals surface area contributed by atoms with Gasteiger partial charge in [0.1, 0.15) is 0 Å². The molecule has 0 bridgehead atoms. The number of carbonyl (C=O) groups excluding carboxylic acids is 3. The molecular weight excluding hydrogens is 384 g/mol. The van der Waals surface area contributed by atoms with Crippen molar-refractivity contribution in [3.05, 3.63) is 35.4 Å². The molecule has 7 heteroatoms.